The molecular formula is C17H30O4. The second-order valence-electron chi connectivity index (χ2n) is 5.36. The van der Waals surface area contributed by atoms with Crippen LogP contribution in [0, 0.1) is 0 Å². The molecule has 0 aromatic carbocycles. The summed E-state index contributed by atoms with van der Waals surface area (Å²) in [6.07, 6.45) is 10.1. The van der Waals surface area contributed by atoms with Crippen molar-refractivity contribution in [1.29, 1.82) is 0 Å². The monoisotopic (exact) mass is 298 g/mol. The molecule has 0 unspecified atom stereocenters. The molecule has 4 heteroatoms. The standard InChI is InChI=1S/C17H30O4/c1-4-5-6-7-8-9-10-11-12-16(18)20-13-14-21-17(19)15(2)3/h2,4-14H2,1,3H3. The summed E-state index contributed by atoms with van der Waals surface area (Å²) in [4.78, 5) is 22.5. The highest BCUT2D eigenvalue weighted by molar-refractivity contribution is 5.86. The molecular weight excluding hydrogens is 268 g/mol. The van der Waals surface area contributed by atoms with E-state index in [9.17, 15) is 9.59 Å². The Hall–Kier alpha value is -1.32. The molecule has 21 heavy (non-hydrogen) atoms. The van der Waals surface area contributed by atoms with Gasteiger partial charge in [0.05, 0.1) is 0 Å². The minimum atomic E-state index is -0.450. The van der Waals surface area contributed by atoms with Crippen LogP contribution in [-0.2, 0) is 19.1 Å². The van der Waals surface area contributed by atoms with Gasteiger partial charge in [0.1, 0.15) is 13.2 Å². The van der Waals surface area contributed by atoms with Gasteiger partial charge in [-0.15, -0.1) is 0 Å². The van der Waals surface area contributed by atoms with Crippen LogP contribution in [0.1, 0.15) is 71.6 Å². The van der Waals surface area contributed by atoms with E-state index in [0.717, 1.165) is 12.8 Å². The van der Waals surface area contributed by atoms with E-state index in [1.807, 2.05) is 0 Å². The molecule has 0 atom stereocenters. The summed E-state index contributed by atoms with van der Waals surface area (Å²) >= 11 is 0. The van der Waals surface area contributed by atoms with Crippen LogP contribution >= 0.6 is 0 Å². The van der Waals surface area contributed by atoms with E-state index in [4.69, 9.17) is 9.47 Å². The van der Waals surface area contributed by atoms with Gasteiger partial charge in [0.15, 0.2) is 0 Å². The van der Waals surface area contributed by atoms with Gasteiger partial charge in [-0.2, -0.15) is 0 Å². The van der Waals surface area contributed by atoms with Crippen molar-refractivity contribution < 1.29 is 19.1 Å². The molecule has 0 saturated heterocycles. The average molecular weight is 298 g/mol. The summed E-state index contributed by atoms with van der Waals surface area (Å²) in [6.45, 7) is 7.47. The van der Waals surface area contributed by atoms with Crippen molar-refractivity contribution in [3.05, 3.63) is 12.2 Å². The minimum absolute atomic E-state index is 0.0921. The van der Waals surface area contributed by atoms with Gasteiger partial charge in [-0.05, 0) is 13.3 Å². The number of hydrogen-bond donors (Lipinski definition) is 0. The first-order chi connectivity index (χ1) is 10.1. The highest BCUT2D eigenvalue weighted by Gasteiger charge is 2.05. The number of ether oxygens (including phenoxy) is 2. The third-order valence-corrected chi connectivity index (χ3v) is 3.16. The van der Waals surface area contributed by atoms with Crippen LogP contribution in [0.15, 0.2) is 12.2 Å². The van der Waals surface area contributed by atoms with Crippen LogP contribution in [-0.4, -0.2) is 25.2 Å². The summed E-state index contributed by atoms with van der Waals surface area (Å²) in [7, 11) is 0. The molecule has 0 bridgehead atoms. The topological polar surface area (TPSA) is 52.6 Å². The molecule has 0 aromatic rings. The smallest absolute Gasteiger partial charge is 0.333 e. The molecule has 0 amide bonds. The Morgan fingerprint density at radius 3 is 1.95 bits per heavy atom. The van der Waals surface area contributed by atoms with Gasteiger partial charge < -0.3 is 9.47 Å². The first kappa shape index (κ1) is 19.7. The van der Waals surface area contributed by atoms with Crippen molar-refractivity contribution in [1.82, 2.24) is 0 Å². The lowest BCUT2D eigenvalue weighted by Crippen LogP contribution is -2.14. The van der Waals surface area contributed by atoms with E-state index in [1.165, 1.54) is 38.5 Å². The van der Waals surface area contributed by atoms with Gasteiger partial charge in [0.25, 0.3) is 0 Å². The molecule has 0 rings (SSSR count). The number of carbonyl (C=O) groups is 2. The molecule has 0 saturated carbocycles. The lowest BCUT2D eigenvalue weighted by atomic mass is 10.1. The maximum atomic E-state index is 11.4. The van der Waals surface area contributed by atoms with Crippen molar-refractivity contribution >= 4 is 11.9 Å². The fourth-order valence-corrected chi connectivity index (χ4v) is 1.89. The number of unbranched alkanes of at least 4 members (excludes halogenated alkanes) is 7. The predicted molar refractivity (Wildman–Crippen MR) is 84.0 cm³/mol. The van der Waals surface area contributed by atoms with Crippen molar-refractivity contribution in [2.24, 2.45) is 0 Å². The molecule has 0 N–H and O–H groups in total. The zero-order chi connectivity index (χ0) is 15.9. The fourth-order valence-electron chi connectivity index (χ4n) is 1.89. The van der Waals surface area contributed by atoms with Gasteiger partial charge in [-0.3, -0.25) is 4.79 Å². The SMILES string of the molecule is C=C(C)C(=O)OCCOC(=O)CCCCCCCCCC. The van der Waals surface area contributed by atoms with Crippen LogP contribution in [0.3, 0.4) is 0 Å². The molecule has 0 aliphatic rings. The van der Waals surface area contributed by atoms with Crippen molar-refractivity contribution in [3.8, 4) is 0 Å². The second-order valence-corrected chi connectivity index (χ2v) is 5.36. The first-order valence-electron chi connectivity index (χ1n) is 8.06. The summed E-state index contributed by atoms with van der Waals surface area (Å²) in [5.74, 6) is -0.665. The van der Waals surface area contributed by atoms with Crippen molar-refractivity contribution in [2.45, 2.75) is 71.6 Å². The molecule has 4 nitrogen and oxygen atoms in total. The number of hydrogen-bond acceptors (Lipinski definition) is 4. The van der Waals surface area contributed by atoms with Crippen LogP contribution in [0.5, 0.6) is 0 Å². The average Bonchev–Trinajstić information content (AvgIpc) is 2.46. The lowest BCUT2D eigenvalue weighted by molar-refractivity contribution is -0.150. The summed E-state index contributed by atoms with van der Waals surface area (Å²) in [5.41, 5.74) is 0.347. The third-order valence-electron chi connectivity index (χ3n) is 3.16. The van der Waals surface area contributed by atoms with Gasteiger partial charge in [0, 0.05) is 12.0 Å². The molecule has 0 aromatic heterocycles. The Bertz CT molecular complexity index is 310. The molecule has 0 radical (unpaired) electrons. The highest BCUT2D eigenvalue weighted by atomic mass is 16.6. The van der Waals surface area contributed by atoms with Crippen LogP contribution < -0.4 is 0 Å². The van der Waals surface area contributed by atoms with Crippen LogP contribution in [0.2, 0.25) is 0 Å². The summed E-state index contributed by atoms with van der Waals surface area (Å²) in [6, 6.07) is 0. The molecule has 0 spiro atoms. The molecule has 0 heterocycles. The molecule has 0 fully saturated rings. The van der Waals surface area contributed by atoms with E-state index < -0.39 is 5.97 Å². The number of carbonyl (C=O) groups excluding carboxylic acids is 2. The normalized spacial score (nSPS) is 10.2. The van der Waals surface area contributed by atoms with Crippen LogP contribution in [0.4, 0.5) is 0 Å². The molecule has 0 aliphatic carbocycles. The summed E-state index contributed by atoms with van der Waals surface area (Å²) < 4.78 is 9.81. The number of rotatable bonds is 13. The quantitative estimate of drug-likeness (QED) is 0.291. The zero-order valence-corrected chi connectivity index (χ0v) is 13.6. The van der Waals surface area contributed by atoms with Gasteiger partial charge in [-0.25, -0.2) is 4.79 Å². The fraction of sp³-hybridized carbons (Fsp3) is 0.765. The van der Waals surface area contributed by atoms with E-state index in [0.29, 0.717) is 12.0 Å². The zero-order valence-electron chi connectivity index (χ0n) is 13.6. The minimum Gasteiger partial charge on any atom is -0.462 e. The van der Waals surface area contributed by atoms with Gasteiger partial charge in [-0.1, -0.05) is 58.4 Å². The Balaban J connectivity index is 3.31. The largest absolute Gasteiger partial charge is 0.462 e. The Kier molecular flexibility index (Phi) is 12.8. The second kappa shape index (κ2) is 13.7. The maximum absolute atomic E-state index is 11.4. The van der Waals surface area contributed by atoms with E-state index in [2.05, 4.69) is 13.5 Å². The van der Waals surface area contributed by atoms with E-state index >= 15 is 0 Å². The van der Waals surface area contributed by atoms with Crippen molar-refractivity contribution in [2.75, 3.05) is 13.2 Å². The third kappa shape index (κ3) is 13.4. The van der Waals surface area contributed by atoms with Crippen LogP contribution in [0.25, 0.3) is 0 Å². The lowest BCUT2D eigenvalue weighted by Gasteiger charge is -2.06. The maximum Gasteiger partial charge on any atom is 0.333 e. The summed E-state index contributed by atoms with van der Waals surface area (Å²) in [5, 5.41) is 0. The van der Waals surface area contributed by atoms with Gasteiger partial charge in [0.2, 0.25) is 0 Å². The highest BCUT2D eigenvalue weighted by Crippen LogP contribution is 2.09. The van der Waals surface area contributed by atoms with E-state index in [-0.39, 0.29) is 19.2 Å². The first-order valence-corrected chi connectivity index (χ1v) is 8.06. The molecule has 122 valence electrons. The van der Waals surface area contributed by atoms with Gasteiger partial charge >= 0.3 is 11.9 Å². The van der Waals surface area contributed by atoms with Crippen molar-refractivity contribution in [3.63, 3.8) is 0 Å². The number of esters is 2. The molecule has 0 aliphatic heterocycles. The Labute approximate surface area is 128 Å². The Morgan fingerprint density at radius 1 is 0.857 bits per heavy atom. The Morgan fingerprint density at radius 2 is 1.38 bits per heavy atom. The predicted octanol–water partition coefficient (Wildman–Crippen LogP) is 4.18. The van der Waals surface area contributed by atoms with E-state index in [1.54, 1.807) is 6.92 Å².